The summed E-state index contributed by atoms with van der Waals surface area (Å²) in [7, 11) is 0.0398. The van der Waals surface area contributed by atoms with Gasteiger partial charge in [-0.3, -0.25) is 4.57 Å². The van der Waals surface area contributed by atoms with E-state index in [-0.39, 0.29) is 0 Å². The SMILES string of the molecule is Cn1cc(CC[PH](=O)OCc2ccccc2)c2ccccc21. The van der Waals surface area contributed by atoms with Crippen molar-refractivity contribution in [1.82, 2.24) is 4.57 Å². The van der Waals surface area contributed by atoms with Gasteiger partial charge in [0.05, 0.1) is 6.61 Å². The van der Waals surface area contributed by atoms with E-state index in [0.29, 0.717) is 12.8 Å². The summed E-state index contributed by atoms with van der Waals surface area (Å²) in [5, 5.41) is 1.24. The second kappa shape index (κ2) is 6.95. The highest BCUT2D eigenvalue weighted by Gasteiger charge is 2.08. The number of benzene rings is 2. The second-order valence-corrected chi connectivity index (χ2v) is 6.96. The van der Waals surface area contributed by atoms with E-state index in [1.807, 2.05) is 49.5 Å². The van der Waals surface area contributed by atoms with Crippen molar-refractivity contribution in [3.05, 3.63) is 71.9 Å². The molecule has 0 aliphatic rings. The lowest BCUT2D eigenvalue weighted by atomic mass is 10.1. The Morgan fingerprint density at radius 3 is 2.59 bits per heavy atom. The van der Waals surface area contributed by atoms with Crippen LogP contribution in [-0.2, 0) is 29.2 Å². The highest BCUT2D eigenvalue weighted by molar-refractivity contribution is 7.39. The first-order valence-corrected chi connectivity index (χ1v) is 8.99. The van der Waals surface area contributed by atoms with E-state index in [2.05, 4.69) is 22.9 Å². The maximum absolute atomic E-state index is 12.1. The molecule has 114 valence electrons. The predicted octanol–water partition coefficient (Wildman–Crippen LogP) is 4.41. The summed E-state index contributed by atoms with van der Waals surface area (Å²) in [6.07, 6.45) is 3.50. The Bertz CT molecular complexity index is 780. The van der Waals surface area contributed by atoms with Crippen LogP contribution in [0.3, 0.4) is 0 Å². The predicted molar refractivity (Wildman–Crippen MR) is 91.7 cm³/mol. The molecule has 3 aromatic rings. The standard InChI is InChI=1S/C18H20NO2P/c1-19-13-16(17-9-5-6-10-18(17)19)11-12-22(20)21-14-15-7-3-2-4-8-15/h2-10,13,22H,11-12,14H2,1H3. The van der Waals surface area contributed by atoms with Gasteiger partial charge in [-0.25, -0.2) is 0 Å². The van der Waals surface area contributed by atoms with Crippen molar-refractivity contribution in [2.45, 2.75) is 13.0 Å². The number of aromatic nitrogens is 1. The quantitative estimate of drug-likeness (QED) is 0.631. The molecule has 4 heteroatoms. The van der Waals surface area contributed by atoms with Crippen LogP contribution in [0.5, 0.6) is 0 Å². The van der Waals surface area contributed by atoms with Gasteiger partial charge in [-0.05, 0) is 23.6 Å². The summed E-state index contributed by atoms with van der Waals surface area (Å²) in [5.74, 6) is 0. The van der Waals surface area contributed by atoms with Crippen LogP contribution in [-0.4, -0.2) is 10.7 Å². The third-order valence-corrected chi connectivity index (χ3v) is 4.95. The van der Waals surface area contributed by atoms with Gasteiger partial charge in [0.2, 0.25) is 0 Å². The van der Waals surface area contributed by atoms with Crippen molar-refractivity contribution in [2.75, 3.05) is 6.16 Å². The maximum Gasteiger partial charge on any atom is 0.192 e. The van der Waals surface area contributed by atoms with Crippen LogP contribution in [0, 0.1) is 0 Å². The third-order valence-electron chi connectivity index (χ3n) is 3.82. The summed E-state index contributed by atoms with van der Waals surface area (Å²) in [4.78, 5) is 0. The van der Waals surface area contributed by atoms with Gasteiger partial charge in [0.15, 0.2) is 8.03 Å². The Morgan fingerprint density at radius 1 is 1.05 bits per heavy atom. The van der Waals surface area contributed by atoms with Crippen molar-refractivity contribution in [3.8, 4) is 0 Å². The second-order valence-electron chi connectivity index (χ2n) is 5.43. The normalized spacial score (nSPS) is 12.6. The smallest absolute Gasteiger partial charge is 0.192 e. The number of aryl methyl sites for hydroxylation is 2. The number of fused-ring (bicyclic) bond motifs is 1. The van der Waals surface area contributed by atoms with Crippen LogP contribution in [0.25, 0.3) is 10.9 Å². The molecule has 0 N–H and O–H groups in total. The maximum atomic E-state index is 12.1. The number of nitrogens with zero attached hydrogens (tertiary/aromatic N) is 1. The van der Waals surface area contributed by atoms with E-state index in [4.69, 9.17) is 4.52 Å². The molecule has 0 fully saturated rings. The van der Waals surface area contributed by atoms with Crippen LogP contribution in [0.2, 0.25) is 0 Å². The van der Waals surface area contributed by atoms with E-state index in [1.54, 1.807) is 0 Å². The fourth-order valence-corrected chi connectivity index (χ4v) is 3.62. The number of para-hydroxylation sites is 1. The van der Waals surface area contributed by atoms with Crippen molar-refractivity contribution in [3.63, 3.8) is 0 Å². The van der Waals surface area contributed by atoms with Crippen molar-refractivity contribution in [1.29, 1.82) is 0 Å². The van der Waals surface area contributed by atoms with Gasteiger partial charge in [-0.1, -0.05) is 48.5 Å². The van der Waals surface area contributed by atoms with E-state index in [9.17, 15) is 4.57 Å². The molecule has 0 aliphatic heterocycles. The average molecular weight is 313 g/mol. The van der Waals surface area contributed by atoms with Gasteiger partial charge in [0.1, 0.15) is 0 Å². The zero-order valence-electron chi connectivity index (χ0n) is 12.7. The molecule has 3 nitrogen and oxygen atoms in total. The fraction of sp³-hybridized carbons (Fsp3) is 0.222. The molecular weight excluding hydrogens is 293 g/mol. The zero-order valence-corrected chi connectivity index (χ0v) is 13.7. The Labute approximate surface area is 131 Å². The molecule has 3 rings (SSSR count). The molecule has 0 aliphatic carbocycles. The van der Waals surface area contributed by atoms with Crippen LogP contribution < -0.4 is 0 Å². The molecule has 0 bridgehead atoms. The number of rotatable bonds is 6. The molecule has 0 spiro atoms. The monoisotopic (exact) mass is 313 g/mol. The summed E-state index contributed by atoms with van der Waals surface area (Å²) >= 11 is 0. The summed E-state index contributed by atoms with van der Waals surface area (Å²) < 4.78 is 19.7. The molecule has 2 aromatic carbocycles. The van der Waals surface area contributed by atoms with Gasteiger partial charge in [0, 0.05) is 30.3 Å². The Hall–Kier alpha value is -1.83. The van der Waals surface area contributed by atoms with E-state index < -0.39 is 8.03 Å². The van der Waals surface area contributed by atoms with Crippen LogP contribution >= 0.6 is 8.03 Å². The Morgan fingerprint density at radius 2 is 1.77 bits per heavy atom. The molecular formula is C18H20NO2P. The zero-order chi connectivity index (χ0) is 15.4. The minimum absolute atomic E-state index is 0.425. The minimum atomic E-state index is -2.00. The van der Waals surface area contributed by atoms with Crippen molar-refractivity contribution in [2.24, 2.45) is 7.05 Å². The lowest BCUT2D eigenvalue weighted by Gasteiger charge is -2.04. The van der Waals surface area contributed by atoms with Gasteiger partial charge in [-0.15, -0.1) is 0 Å². The van der Waals surface area contributed by atoms with Crippen molar-refractivity contribution >= 4 is 18.9 Å². The molecule has 0 saturated heterocycles. The van der Waals surface area contributed by atoms with E-state index in [1.165, 1.54) is 16.5 Å². The first kappa shape index (κ1) is 15.1. The largest absolute Gasteiger partial charge is 0.350 e. The van der Waals surface area contributed by atoms with E-state index >= 15 is 0 Å². The average Bonchev–Trinajstić information content (AvgIpc) is 2.89. The first-order valence-electron chi connectivity index (χ1n) is 7.46. The van der Waals surface area contributed by atoms with Gasteiger partial charge in [-0.2, -0.15) is 0 Å². The molecule has 0 amide bonds. The third kappa shape index (κ3) is 3.49. The fourth-order valence-electron chi connectivity index (χ4n) is 2.67. The number of hydrogen-bond acceptors (Lipinski definition) is 2. The summed E-state index contributed by atoms with van der Waals surface area (Å²) in [6, 6.07) is 18.2. The van der Waals surface area contributed by atoms with Crippen LogP contribution in [0.1, 0.15) is 11.1 Å². The molecule has 0 saturated carbocycles. The number of hydrogen-bond donors (Lipinski definition) is 0. The lowest BCUT2D eigenvalue weighted by molar-refractivity contribution is 0.318. The topological polar surface area (TPSA) is 31.2 Å². The molecule has 1 aromatic heterocycles. The molecule has 22 heavy (non-hydrogen) atoms. The Kier molecular flexibility index (Phi) is 4.77. The highest BCUT2D eigenvalue weighted by atomic mass is 31.1. The van der Waals surface area contributed by atoms with Gasteiger partial charge in [0.25, 0.3) is 0 Å². The van der Waals surface area contributed by atoms with Crippen LogP contribution in [0.15, 0.2) is 60.8 Å². The molecule has 1 atom stereocenters. The van der Waals surface area contributed by atoms with Crippen LogP contribution in [0.4, 0.5) is 0 Å². The van der Waals surface area contributed by atoms with E-state index in [0.717, 1.165) is 12.0 Å². The summed E-state index contributed by atoms with van der Waals surface area (Å²) in [5.41, 5.74) is 3.51. The lowest BCUT2D eigenvalue weighted by Crippen LogP contribution is -1.91. The highest BCUT2D eigenvalue weighted by Crippen LogP contribution is 2.28. The molecule has 1 heterocycles. The molecule has 1 unspecified atom stereocenters. The van der Waals surface area contributed by atoms with Crippen molar-refractivity contribution < 1.29 is 9.09 Å². The molecule has 0 radical (unpaired) electrons. The summed E-state index contributed by atoms with van der Waals surface area (Å²) in [6.45, 7) is 0.425. The Balaban J connectivity index is 1.58. The minimum Gasteiger partial charge on any atom is -0.350 e. The first-order chi connectivity index (χ1) is 10.7. The van der Waals surface area contributed by atoms with Gasteiger partial charge >= 0.3 is 0 Å². The van der Waals surface area contributed by atoms with Gasteiger partial charge < -0.3 is 9.09 Å².